The number of aromatic nitrogens is 1. The highest BCUT2D eigenvalue weighted by atomic mass is 32.2. The SMILES string of the molecule is Cc1cc(CS(=O)(=O)N2CCC(C)C2C(=O)O)no1. The number of aryl methyl sites for hydroxylation is 1. The van der Waals surface area contributed by atoms with Crippen molar-refractivity contribution >= 4 is 16.0 Å². The second kappa shape index (κ2) is 4.93. The summed E-state index contributed by atoms with van der Waals surface area (Å²) in [5, 5.41) is 12.8. The van der Waals surface area contributed by atoms with Gasteiger partial charge in [0, 0.05) is 12.6 Å². The molecule has 2 atom stereocenters. The quantitative estimate of drug-likeness (QED) is 0.871. The standard InChI is InChI=1S/C11H16N2O5S/c1-7-3-4-13(10(7)11(14)15)19(16,17)6-9-5-8(2)18-12-9/h5,7,10H,3-4,6H2,1-2H3,(H,14,15). The Morgan fingerprint density at radius 1 is 1.63 bits per heavy atom. The van der Waals surface area contributed by atoms with Gasteiger partial charge < -0.3 is 9.63 Å². The molecule has 19 heavy (non-hydrogen) atoms. The van der Waals surface area contributed by atoms with Gasteiger partial charge in [-0.3, -0.25) is 4.79 Å². The lowest BCUT2D eigenvalue weighted by atomic mass is 10.0. The zero-order valence-corrected chi connectivity index (χ0v) is 11.6. The molecule has 0 radical (unpaired) electrons. The molecule has 1 aliphatic rings. The fourth-order valence-electron chi connectivity index (χ4n) is 2.35. The predicted octanol–water partition coefficient (Wildman–Crippen LogP) is 0.608. The molecule has 2 heterocycles. The molecule has 1 aromatic heterocycles. The summed E-state index contributed by atoms with van der Waals surface area (Å²) in [6, 6.07) is 0.547. The number of hydrogen-bond acceptors (Lipinski definition) is 5. The highest BCUT2D eigenvalue weighted by Crippen LogP contribution is 2.28. The van der Waals surface area contributed by atoms with E-state index < -0.39 is 22.0 Å². The Kier molecular flexibility index (Phi) is 3.64. The fraction of sp³-hybridized carbons (Fsp3) is 0.636. The van der Waals surface area contributed by atoms with Crippen molar-refractivity contribution in [3.63, 3.8) is 0 Å². The Hall–Kier alpha value is -1.41. The molecule has 0 aliphatic carbocycles. The number of nitrogens with zero attached hydrogens (tertiary/aromatic N) is 2. The summed E-state index contributed by atoms with van der Waals surface area (Å²) in [4.78, 5) is 11.2. The van der Waals surface area contributed by atoms with E-state index in [-0.39, 0.29) is 18.2 Å². The summed E-state index contributed by atoms with van der Waals surface area (Å²) < 4.78 is 30.4. The van der Waals surface area contributed by atoms with Gasteiger partial charge in [-0.15, -0.1) is 0 Å². The average Bonchev–Trinajstić information content (AvgIpc) is 2.84. The molecule has 1 fully saturated rings. The Labute approximate surface area is 111 Å². The average molecular weight is 288 g/mol. The molecule has 2 rings (SSSR count). The summed E-state index contributed by atoms with van der Waals surface area (Å²) in [6.45, 7) is 3.65. The molecule has 0 amide bonds. The van der Waals surface area contributed by atoms with E-state index in [2.05, 4.69) is 5.16 Å². The van der Waals surface area contributed by atoms with Crippen LogP contribution in [0.3, 0.4) is 0 Å². The molecule has 106 valence electrons. The number of sulfonamides is 1. The van der Waals surface area contributed by atoms with E-state index in [1.165, 1.54) is 6.07 Å². The van der Waals surface area contributed by atoms with Crippen molar-refractivity contribution in [3.8, 4) is 0 Å². The van der Waals surface area contributed by atoms with Crippen LogP contribution in [0.2, 0.25) is 0 Å². The van der Waals surface area contributed by atoms with Crippen molar-refractivity contribution in [2.45, 2.75) is 32.1 Å². The molecular weight excluding hydrogens is 272 g/mol. The van der Waals surface area contributed by atoms with Gasteiger partial charge in [-0.1, -0.05) is 12.1 Å². The lowest BCUT2D eigenvalue weighted by Gasteiger charge is -2.22. The van der Waals surface area contributed by atoms with E-state index in [9.17, 15) is 13.2 Å². The number of hydrogen-bond donors (Lipinski definition) is 1. The maximum atomic E-state index is 12.3. The van der Waals surface area contributed by atoms with Crippen LogP contribution in [0.1, 0.15) is 24.8 Å². The number of carboxylic acids is 1. The number of carbonyl (C=O) groups is 1. The van der Waals surface area contributed by atoms with Crippen molar-refractivity contribution in [2.75, 3.05) is 6.54 Å². The summed E-state index contributed by atoms with van der Waals surface area (Å²) in [5.41, 5.74) is 0.293. The Bertz CT molecular complexity index is 580. The van der Waals surface area contributed by atoms with Crippen LogP contribution < -0.4 is 0 Å². The molecule has 1 aromatic rings. The van der Waals surface area contributed by atoms with Crippen LogP contribution in [0.5, 0.6) is 0 Å². The van der Waals surface area contributed by atoms with Crippen LogP contribution in [0.4, 0.5) is 0 Å². The van der Waals surface area contributed by atoms with Crippen molar-refractivity contribution < 1.29 is 22.8 Å². The first kappa shape index (κ1) is 14.0. The van der Waals surface area contributed by atoms with Gasteiger partial charge in [0.15, 0.2) is 0 Å². The lowest BCUT2D eigenvalue weighted by Crippen LogP contribution is -2.43. The van der Waals surface area contributed by atoms with Gasteiger partial charge in [-0.2, -0.15) is 4.31 Å². The molecule has 1 N–H and O–H groups in total. The van der Waals surface area contributed by atoms with Gasteiger partial charge in [0.2, 0.25) is 10.0 Å². The van der Waals surface area contributed by atoms with Gasteiger partial charge in [0.1, 0.15) is 23.2 Å². The molecule has 1 saturated heterocycles. The van der Waals surface area contributed by atoms with Crippen LogP contribution in [0.15, 0.2) is 10.6 Å². The van der Waals surface area contributed by atoms with Crippen LogP contribution in [0.25, 0.3) is 0 Å². The summed E-state index contributed by atoms with van der Waals surface area (Å²) in [7, 11) is -3.70. The second-order valence-corrected chi connectivity index (χ2v) is 6.77. The molecule has 1 aliphatic heterocycles. The number of carboxylic acid groups (broad SMARTS) is 1. The monoisotopic (exact) mass is 288 g/mol. The van der Waals surface area contributed by atoms with Gasteiger partial charge >= 0.3 is 5.97 Å². The number of aliphatic carboxylic acids is 1. The van der Waals surface area contributed by atoms with Crippen LogP contribution in [-0.4, -0.2) is 41.5 Å². The Morgan fingerprint density at radius 2 is 2.32 bits per heavy atom. The zero-order chi connectivity index (χ0) is 14.2. The minimum absolute atomic E-state index is 0.189. The van der Waals surface area contributed by atoms with Crippen molar-refractivity contribution in [1.82, 2.24) is 9.46 Å². The van der Waals surface area contributed by atoms with Gasteiger partial charge in [0.05, 0.1) is 0 Å². The molecule has 0 aromatic carbocycles. The van der Waals surface area contributed by atoms with E-state index >= 15 is 0 Å². The van der Waals surface area contributed by atoms with E-state index in [0.29, 0.717) is 17.9 Å². The van der Waals surface area contributed by atoms with Gasteiger partial charge in [0.25, 0.3) is 0 Å². The molecule has 0 bridgehead atoms. The molecule has 7 nitrogen and oxygen atoms in total. The summed E-state index contributed by atoms with van der Waals surface area (Å²) >= 11 is 0. The molecule has 2 unspecified atom stereocenters. The highest BCUT2D eigenvalue weighted by Gasteiger charge is 2.43. The third-order valence-electron chi connectivity index (χ3n) is 3.27. The minimum atomic E-state index is -3.70. The maximum Gasteiger partial charge on any atom is 0.322 e. The zero-order valence-electron chi connectivity index (χ0n) is 10.7. The van der Waals surface area contributed by atoms with Crippen LogP contribution in [0, 0.1) is 12.8 Å². The first-order valence-electron chi connectivity index (χ1n) is 5.96. The normalized spacial score (nSPS) is 24.7. The van der Waals surface area contributed by atoms with Gasteiger partial charge in [-0.05, 0) is 19.3 Å². The van der Waals surface area contributed by atoms with E-state index in [0.717, 1.165) is 4.31 Å². The number of rotatable bonds is 4. The topological polar surface area (TPSA) is 101 Å². The predicted molar refractivity (Wildman–Crippen MR) is 65.8 cm³/mol. The Morgan fingerprint density at radius 3 is 2.84 bits per heavy atom. The lowest BCUT2D eigenvalue weighted by molar-refractivity contribution is -0.141. The third kappa shape index (κ3) is 2.79. The van der Waals surface area contributed by atoms with Crippen LogP contribution >= 0.6 is 0 Å². The molecular formula is C11H16N2O5S. The smallest absolute Gasteiger partial charge is 0.322 e. The summed E-state index contributed by atoms with van der Waals surface area (Å²) in [6.07, 6.45) is 0.550. The highest BCUT2D eigenvalue weighted by molar-refractivity contribution is 7.88. The van der Waals surface area contributed by atoms with Crippen molar-refractivity contribution in [1.29, 1.82) is 0 Å². The van der Waals surface area contributed by atoms with E-state index in [1.807, 2.05) is 0 Å². The first-order valence-corrected chi connectivity index (χ1v) is 7.56. The van der Waals surface area contributed by atoms with E-state index in [4.69, 9.17) is 9.63 Å². The van der Waals surface area contributed by atoms with Gasteiger partial charge in [-0.25, -0.2) is 8.42 Å². The Balaban J connectivity index is 2.22. The van der Waals surface area contributed by atoms with Crippen LogP contribution in [-0.2, 0) is 20.6 Å². The molecule has 8 heteroatoms. The fourth-order valence-corrected chi connectivity index (χ4v) is 4.05. The van der Waals surface area contributed by atoms with E-state index in [1.54, 1.807) is 13.8 Å². The summed E-state index contributed by atoms with van der Waals surface area (Å²) in [5.74, 6) is -1.10. The molecule has 0 spiro atoms. The maximum absolute atomic E-state index is 12.3. The van der Waals surface area contributed by atoms with Crippen molar-refractivity contribution in [2.24, 2.45) is 5.92 Å². The largest absolute Gasteiger partial charge is 0.480 e. The minimum Gasteiger partial charge on any atom is -0.480 e. The molecule has 0 saturated carbocycles. The first-order chi connectivity index (χ1) is 8.81. The second-order valence-electron chi connectivity index (χ2n) is 4.84. The van der Waals surface area contributed by atoms with Crippen molar-refractivity contribution in [3.05, 3.63) is 17.5 Å². The third-order valence-corrected chi connectivity index (χ3v) is 5.06.